The van der Waals surface area contributed by atoms with Gasteiger partial charge in [-0.25, -0.2) is 0 Å². The number of hydrogen-bond acceptors (Lipinski definition) is 2. The Morgan fingerprint density at radius 3 is 2.35 bits per heavy atom. The van der Waals surface area contributed by atoms with Gasteiger partial charge in [0.2, 0.25) is 0 Å². The molecule has 0 amide bonds. The second-order valence-electron chi connectivity index (χ2n) is 7.85. The first-order chi connectivity index (χ1) is 9.48. The molecule has 0 aromatic carbocycles. The van der Waals surface area contributed by atoms with Gasteiger partial charge < -0.3 is 5.32 Å². The van der Waals surface area contributed by atoms with Crippen LogP contribution >= 0.6 is 0 Å². The summed E-state index contributed by atoms with van der Waals surface area (Å²) in [6.07, 6.45) is 9.46. The van der Waals surface area contributed by atoms with Gasteiger partial charge in [0, 0.05) is 30.7 Å². The fraction of sp³-hybridized carbons (Fsp3) is 1.00. The van der Waals surface area contributed by atoms with Gasteiger partial charge in [0.15, 0.2) is 0 Å². The summed E-state index contributed by atoms with van der Waals surface area (Å²) in [5.74, 6) is 0. The molecule has 0 radical (unpaired) electrons. The minimum Gasteiger partial charge on any atom is -0.308 e. The van der Waals surface area contributed by atoms with Gasteiger partial charge in [-0.2, -0.15) is 0 Å². The van der Waals surface area contributed by atoms with Crippen molar-refractivity contribution >= 4 is 0 Å². The molecule has 2 fully saturated rings. The van der Waals surface area contributed by atoms with Gasteiger partial charge in [0.1, 0.15) is 0 Å². The van der Waals surface area contributed by atoms with E-state index < -0.39 is 0 Å². The van der Waals surface area contributed by atoms with Crippen LogP contribution in [0.2, 0.25) is 0 Å². The van der Waals surface area contributed by atoms with Crippen LogP contribution in [-0.2, 0) is 0 Å². The summed E-state index contributed by atoms with van der Waals surface area (Å²) < 4.78 is 0. The SMILES string of the molecule is CCC1CNC(CC)(CC)CN1C1CCCCC1(C)C. The number of rotatable bonds is 4. The number of hydrogen-bond donors (Lipinski definition) is 1. The first kappa shape index (κ1) is 16.3. The average Bonchev–Trinajstić information content (AvgIpc) is 2.46. The largest absolute Gasteiger partial charge is 0.308 e. The van der Waals surface area contributed by atoms with Crippen molar-refractivity contribution in [2.45, 2.75) is 97.2 Å². The Balaban J connectivity index is 2.20. The molecule has 2 aliphatic rings. The van der Waals surface area contributed by atoms with Crippen molar-refractivity contribution in [3.05, 3.63) is 0 Å². The molecule has 1 aliphatic carbocycles. The van der Waals surface area contributed by atoms with Crippen LogP contribution in [0, 0.1) is 5.41 Å². The van der Waals surface area contributed by atoms with Crippen molar-refractivity contribution in [1.29, 1.82) is 0 Å². The molecule has 0 spiro atoms. The topological polar surface area (TPSA) is 15.3 Å². The van der Waals surface area contributed by atoms with E-state index in [2.05, 4.69) is 44.8 Å². The summed E-state index contributed by atoms with van der Waals surface area (Å²) in [5.41, 5.74) is 0.857. The van der Waals surface area contributed by atoms with Crippen LogP contribution in [0.5, 0.6) is 0 Å². The molecule has 2 unspecified atom stereocenters. The van der Waals surface area contributed by atoms with Crippen LogP contribution in [0.15, 0.2) is 0 Å². The summed E-state index contributed by atoms with van der Waals surface area (Å²) in [5, 5.41) is 3.89. The molecule has 0 aromatic rings. The molecular weight excluding hydrogens is 244 g/mol. The van der Waals surface area contributed by atoms with E-state index in [0.29, 0.717) is 11.0 Å². The maximum atomic E-state index is 3.89. The molecule has 2 nitrogen and oxygen atoms in total. The lowest BCUT2D eigenvalue weighted by Gasteiger charge is -2.55. The minimum absolute atomic E-state index is 0.360. The van der Waals surface area contributed by atoms with E-state index in [4.69, 9.17) is 0 Å². The summed E-state index contributed by atoms with van der Waals surface area (Å²) in [7, 11) is 0. The van der Waals surface area contributed by atoms with Gasteiger partial charge in [-0.15, -0.1) is 0 Å². The normalized spacial score (nSPS) is 34.0. The lowest BCUT2D eigenvalue weighted by atomic mass is 9.71. The Hall–Kier alpha value is -0.0800. The smallest absolute Gasteiger partial charge is 0.0304 e. The van der Waals surface area contributed by atoms with E-state index in [-0.39, 0.29) is 0 Å². The Morgan fingerprint density at radius 2 is 1.80 bits per heavy atom. The Bertz CT molecular complexity index is 307. The van der Waals surface area contributed by atoms with Gasteiger partial charge in [0.05, 0.1) is 0 Å². The third-order valence-electron chi connectivity index (χ3n) is 6.34. The van der Waals surface area contributed by atoms with Crippen molar-refractivity contribution < 1.29 is 0 Å². The molecule has 20 heavy (non-hydrogen) atoms. The summed E-state index contributed by atoms with van der Waals surface area (Å²) in [6.45, 7) is 14.5. The average molecular weight is 280 g/mol. The molecule has 2 atom stereocenters. The quantitative estimate of drug-likeness (QED) is 0.830. The van der Waals surface area contributed by atoms with Crippen LogP contribution < -0.4 is 5.32 Å². The van der Waals surface area contributed by atoms with E-state index in [1.54, 1.807) is 0 Å². The predicted molar refractivity (Wildman–Crippen MR) is 88.1 cm³/mol. The molecule has 0 bridgehead atoms. The van der Waals surface area contributed by atoms with Crippen LogP contribution in [0.4, 0.5) is 0 Å². The fourth-order valence-corrected chi connectivity index (χ4v) is 4.54. The third-order valence-corrected chi connectivity index (χ3v) is 6.34. The van der Waals surface area contributed by atoms with Crippen molar-refractivity contribution in [3.8, 4) is 0 Å². The molecule has 0 aromatic heterocycles. The van der Waals surface area contributed by atoms with E-state index >= 15 is 0 Å². The highest BCUT2D eigenvalue weighted by molar-refractivity contribution is 5.01. The predicted octanol–water partition coefficient (Wildman–Crippen LogP) is 4.20. The second-order valence-corrected chi connectivity index (χ2v) is 7.85. The molecule has 118 valence electrons. The fourth-order valence-electron chi connectivity index (χ4n) is 4.54. The monoisotopic (exact) mass is 280 g/mol. The number of nitrogens with one attached hydrogen (secondary N) is 1. The van der Waals surface area contributed by atoms with Crippen molar-refractivity contribution in [3.63, 3.8) is 0 Å². The van der Waals surface area contributed by atoms with E-state index in [9.17, 15) is 0 Å². The summed E-state index contributed by atoms with van der Waals surface area (Å²) >= 11 is 0. The molecule has 2 heteroatoms. The van der Waals surface area contributed by atoms with Crippen LogP contribution in [0.3, 0.4) is 0 Å². The summed E-state index contributed by atoms with van der Waals surface area (Å²) in [4.78, 5) is 2.91. The zero-order chi connectivity index (χ0) is 14.8. The Kier molecular flexibility index (Phi) is 5.18. The Labute approximate surface area is 126 Å². The molecule has 1 heterocycles. The van der Waals surface area contributed by atoms with Gasteiger partial charge in [0.25, 0.3) is 0 Å². The van der Waals surface area contributed by atoms with Crippen molar-refractivity contribution in [1.82, 2.24) is 10.2 Å². The van der Waals surface area contributed by atoms with Crippen LogP contribution in [-0.4, -0.2) is 35.6 Å². The van der Waals surface area contributed by atoms with E-state index in [1.165, 1.54) is 58.0 Å². The standard InChI is InChI=1S/C18H36N2/c1-6-15-13-19-18(7-2,8-3)14-20(15)16-11-9-10-12-17(16,4)5/h15-16,19H,6-14H2,1-5H3. The minimum atomic E-state index is 0.360. The summed E-state index contributed by atoms with van der Waals surface area (Å²) in [6, 6.07) is 1.53. The van der Waals surface area contributed by atoms with Gasteiger partial charge >= 0.3 is 0 Å². The maximum Gasteiger partial charge on any atom is 0.0304 e. The number of nitrogens with zero attached hydrogens (tertiary/aromatic N) is 1. The third kappa shape index (κ3) is 3.06. The van der Waals surface area contributed by atoms with E-state index in [0.717, 1.165) is 12.1 Å². The highest BCUT2D eigenvalue weighted by Gasteiger charge is 2.44. The Morgan fingerprint density at radius 1 is 1.10 bits per heavy atom. The zero-order valence-electron chi connectivity index (χ0n) is 14.5. The van der Waals surface area contributed by atoms with Crippen molar-refractivity contribution in [2.24, 2.45) is 5.41 Å². The molecule has 1 saturated carbocycles. The molecule has 2 rings (SSSR count). The molecule has 1 N–H and O–H groups in total. The second kappa shape index (κ2) is 6.36. The maximum absolute atomic E-state index is 3.89. The lowest BCUT2D eigenvalue weighted by Crippen LogP contribution is -2.67. The molecule has 1 aliphatic heterocycles. The molecular formula is C18H36N2. The highest BCUT2D eigenvalue weighted by Crippen LogP contribution is 2.41. The first-order valence-corrected chi connectivity index (χ1v) is 8.99. The molecule has 1 saturated heterocycles. The van der Waals surface area contributed by atoms with Gasteiger partial charge in [-0.1, -0.05) is 47.5 Å². The van der Waals surface area contributed by atoms with E-state index in [1.807, 2.05) is 0 Å². The first-order valence-electron chi connectivity index (χ1n) is 8.99. The van der Waals surface area contributed by atoms with Crippen LogP contribution in [0.25, 0.3) is 0 Å². The van der Waals surface area contributed by atoms with Gasteiger partial charge in [-0.3, -0.25) is 4.90 Å². The number of piperazine rings is 1. The highest BCUT2D eigenvalue weighted by atomic mass is 15.3. The lowest BCUT2D eigenvalue weighted by molar-refractivity contribution is -0.0294. The van der Waals surface area contributed by atoms with Crippen molar-refractivity contribution in [2.75, 3.05) is 13.1 Å². The van der Waals surface area contributed by atoms with Crippen LogP contribution in [0.1, 0.15) is 79.6 Å². The van der Waals surface area contributed by atoms with Gasteiger partial charge in [-0.05, 0) is 37.5 Å². The zero-order valence-corrected chi connectivity index (χ0v) is 14.5.